The van der Waals surface area contributed by atoms with E-state index in [2.05, 4.69) is 13.8 Å². The van der Waals surface area contributed by atoms with Gasteiger partial charge in [0, 0.05) is 6.61 Å². The summed E-state index contributed by atoms with van der Waals surface area (Å²) >= 11 is 0. The lowest BCUT2D eigenvalue weighted by Gasteiger charge is -2.08. The zero-order valence-electron chi connectivity index (χ0n) is 10.2. The van der Waals surface area contributed by atoms with Crippen molar-refractivity contribution in [2.24, 2.45) is 5.92 Å². The third kappa shape index (κ3) is 53.6. The number of unbranched alkanes of at least 4 members (excludes halogenated alkanes) is 1. The normalized spacial score (nSPS) is 10.1. The van der Waals surface area contributed by atoms with Crippen molar-refractivity contribution in [3.63, 3.8) is 0 Å². The summed E-state index contributed by atoms with van der Waals surface area (Å²) in [5, 5.41) is 36.6. The smallest absolute Gasteiger partial charge is 0.450 e. The molecule has 7 heteroatoms. The van der Waals surface area contributed by atoms with Crippen LogP contribution in [0.25, 0.3) is 0 Å². The minimum atomic E-state index is -1.83. The minimum absolute atomic E-state index is 0.372. The van der Waals surface area contributed by atoms with E-state index >= 15 is 0 Å². The highest BCUT2D eigenvalue weighted by atomic mass is 16.6. The first-order valence-electron chi connectivity index (χ1n) is 5.26. The standard InChI is InChI=1S/C8H18O.2CH2O3/c1-3-5-6-8(4-2)7-9;2*2-1(3)4/h8-9H,3-7H2,1-2H3;2*(H2,2,3,4). The Balaban J connectivity index is -0.000000205. The third-order valence-electron chi connectivity index (χ3n) is 1.80. The highest BCUT2D eigenvalue weighted by Gasteiger charge is 2.01. The van der Waals surface area contributed by atoms with Crippen LogP contribution in [-0.2, 0) is 0 Å². The van der Waals surface area contributed by atoms with Gasteiger partial charge in [-0.1, -0.05) is 33.1 Å². The Morgan fingerprint density at radius 2 is 1.35 bits per heavy atom. The van der Waals surface area contributed by atoms with Crippen LogP contribution in [0.2, 0.25) is 0 Å². The van der Waals surface area contributed by atoms with Crippen molar-refractivity contribution < 1.29 is 35.1 Å². The fourth-order valence-corrected chi connectivity index (χ4v) is 0.917. The summed E-state index contributed by atoms with van der Waals surface area (Å²) in [4.78, 5) is 17.1. The molecule has 0 heterocycles. The monoisotopic (exact) mass is 254 g/mol. The third-order valence-corrected chi connectivity index (χ3v) is 1.80. The number of aliphatic hydroxyl groups is 1. The first kappa shape index (κ1) is 20.9. The average Bonchev–Trinajstić information content (AvgIpc) is 2.18. The molecule has 0 saturated heterocycles. The Hall–Kier alpha value is -1.50. The van der Waals surface area contributed by atoms with Crippen LogP contribution in [0.5, 0.6) is 0 Å². The second-order valence-corrected chi connectivity index (χ2v) is 3.16. The summed E-state index contributed by atoms with van der Waals surface area (Å²) in [6.45, 7) is 4.69. The van der Waals surface area contributed by atoms with Gasteiger partial charge in [0.25, 0.3) is 0 Å². The number of carbonyl (C=O) groups is 2. The van der Waals surface area contributed by atoms with Crippen LogP contribution in [0, 0.1) is 5.92 Å². The van der Waals surface area contributed by atoms with Gasteiger partial charge in [0.1, 0.15) is 0 Å². The van der Waals surface area contributed by atoms with Crippen LogP contribution in [0.1, 0.15) is 39.5 Å². The molecule has 0 bridgehead atoms. The predicted octanol–water partition coefficient (Wildman–Crippen LogP) is 2.64. The number of hydrogen-bond acceptors (Lipinski definition) is 3. The molecule has 0 radical (unpaired) electrons. The van der Waals surface area contributed by atoms with Crippen LogP contribution in [0.4, 0.5) is 9.59 Å². The zero-order valence-corrected chi connectivity index (χ0v) is 10.2. The van der Waals surface area contributed by atoms with Crippen molar-refractivity contribution in [1.82, 2.24) is 0 Å². The van der Waals surface area contributed by atoms with Crippen molar-refractivity contribution in [3.8, 4) is 0 Å². The van der Waals surface area contributed by atoms with E-state index in [4.69, 9.17) is 35.1 Å². The molecule has 1 unspecified atom stereocenters. The molecule has 0 saturated carbocycles. The second kappa shape index (κ2) is 16.9. The zero-order chi connectivity index (χ0) is 14.3. The second-order valence-electron chi connectivity index (χ2n) is 3.16. The van der Waals surface area contributed by atoms with Gasteiger partial charge in [-0.3, -0.25) is 0 Å². The molecule has 5 N–H and O–H groups in total. The van der Waals surface area contributed by atoms with Gasteiger partial charge in [-0.2, -0.15) is 0 Å². The number of hydrogen-bond donors (Lipinski definition) is 5. The molecular formula is C10H22O7. The molecule has 17 heavy (non-hydrogen) atoms. The van der Waals surface area contributed by atoms with E-state index in [-0.39, 0.29) is 0 Å². The summed E-state index contributed by atoms with van der Waals surface area (Å²) in [6, 6.07) is 0. The molecule has 0 aromatic heterocycles. The molecule has 7 nitrogen and oxygen atoms in total. The highest BCUT2D eigenvalue weighted by molar-refractivity contribution is 5.53. The Kier molecular flexibility index (Phi) is 20.7. The van der Waals surface area contributed by atoms with Gasteiger partial charge in [-0.15, -0.1) is 0 Å². The van der Waals surface area contributed by atoms with E-state index in [0.717, 1.165) is 6.42 Å². The molecule has 0 aliphatic rings. The Morgan fingerprint density at radius 1 is 1.00 bits per heavy atom. The fourth-order valence-electron chi connectivity index (χ4n) is 0.917. The summed E-state index contributed by atoms with van der Waals surface area (Å²) < 4.78 is 0. The van der Waals surface area contributed by atoms with Crippen molar-refractivity contribution in [1.29, 1.82) is 0 Å². The van der Waals surface area contributed by atoms with Gasteiger partial charge in [0.05, 0.1) is 0 Å². The number of aliphatic hydroxyl groups excluding tert-OH is 1. The molecule has 0 amide bonds. The van der Waals surface area contributed by atoms with Crippen LogP contribution < -0.4 is 0 Å². The lowest BCUT2D eigenvalue weighted by molar-refractivity contribution is 0.135. The Bertz CT molecular complexity index is 157. The van der Waals surface area contributed by atoms with Crippen molar-refractivity contribution in [2.75, 3.05) is 6.61 Å². The maximum absolute atomic E-state index is 8.75. The van der Waals surface area contributed by atoms with Crippen LogP contribution in [0.15, 0.2) is 0 Å². The molecule has 0 aliphatic heterocycles. The first-order valence-corrected chi connectivity index (χ1v) is 5.26. The van der Waals surface area contributed by atoms with Crippen LogP contribution in [-0.4, -0.2) is 44.5 Å². The van der Waals surface area contributed by atoms with E-state index in [9.17, 15) is 0 Å². The van der Waals surface area contributed by atoms with Crippen molar-refractivity contribution >= 4 is 12.3 Å². The van der Waals surface area contributed by atoms with Crippen molar-refractivity contribution in [2.45, 2.75) is 39.5 Å². The largest absolute Gasteiger partial charge is 0.503 e. The van der Waals surface area contributed by atoms with Gasteiger partial charge in [-0.05, 0) is 12.3 Å². The minimum Gasteiger partial charge on any atom is -0.450 e. The van der Waals surface area contributed by atoms with Gasteiger partial charge in [0.15, 0.2) is 0 Å². The SMILES string of the molecule is CCCCC(CC)CO.O=C(O)O.O=C(O)O. The fraction of sp³-hybridized carbons (Fsp3) is 0.800. The van der Waals surface area contributed by atoms with Gasteiger partial charge in [-0.25, -0.2) is 9.59 Å². The van der Waals surface area contributed by atoms with Crippen LogP contribution >= 0.6 is 0 Å². The Morgan fingerprint density at radius 3 is 1.53 bits per heavy atom. The van der Waals surface area contributed by atoms with Crippen LogP contribution in [0.3, 0.4) is 0 Å². The topological polar surface area (TPSA) is 135 Å². The molecule has 104 valence electrons. The highest BCUT2D eigenvalue weighted by Crippen LogP contribution is 2.10. The average molecular weight is 254 g/mol. The molecule has 0 aliphatic carbocycles. The molecule has 1 atom stereocenters. The molecule has 0 aromatic rings. The molecule has 0 rings (SSSR count). The maximum atomic E-state index is 8.75. The van der Waals surface area contributed by atoms with E-state index < -0.39 is 12.3 Å². The predicted molar refractivity (Wildman–Crippen MR) is 61.7 cm³/mol. The van der Waals surface area contributed by atoms with E-state index in [1.165, 1.54) is 19.3 Å². The lowest BCUT2D eigenvalue weighted by Crippen LogP contribution is -2.03. The quantitative estimate of drug-likeness (QED) is 0.508. The van der Waals surface area contributed by atoms with Gasteiger partial charge < -0.3 is 25.5 Å². The Labute approximate surface area is 100 Å². The van der Waals surface area contributed by atoms with E-state index in [1.54, 1.807) is 0 Å². The number of carboxylic acid groups (broad SMARTS) is 4. The summed E-state index contributed by atoms with van der Waals surface area (Å²) in [6.07, 6.45) is 1.16. The summed E-state index contributed by atoms with van der Waals surface area (Å²) in [5.41, 5.74) is 0. The molecular weight excluding hydrogens is 232 g/mol. The number of rotatable bonds is 5. The summed E-state index contributed by atoms with van der Waals surface area (Å²) in [5.74, 6) is 0.560. The molecule has 0 spiro atoms. The summed E-state index contributed by atoms with van der Waals surface area (Å²) in [7, 11) is 0. The molecule has 0 aromatic carbocycles. The van der Waals surface area contributed by atoms with Crippen molar-refractivity contribution in [3.05, 3.63) is 0 Å². The van der Waals surface area contributed by atoms with Gasteiger partial charge in [0.2, 0.25) is 0 Å². The van der Waals surface area contributed by atoms with E-state index in [0.29, 0.717) is 12.5 Å². The maximum Gasteiger partial charge on any atom is 0.503 e. The van der Waals surface area contributed by atoms with E-state index in [1.807, 2.05) is 0 Å². The molecule has 0 fully saturated rings. The lowest BCUT2D eigenvalue weighted by atomic mass is 10.0. The first-order chi connectivity index (χ1) is 7.81. The van der Waals surface area contributed by atoms with Gasteiger partial charge >= 0.3 is 12.3 Å².